The Morgan fingerprint density at radius 2 is 2.14 bits per heavy atom. The van der Waals surface area contributed by atoms with Crippen molar-refractivity contribution in [3.63, 3.8) is 0 Å². The molecule has 0 radical (unpaired) electrons. The molecule has 0 saturated heterocycles. The van der Waals surface area contributed by atoms with Gasteiger partial charge in [-0.1, -0.05) is 11.6 Å². The molecule has 0 aliphatic heterocycles. The van der Waals surface area contributed by atoms with Gasteiger partial charge in [0.25, 0.3) is 0 Å². The zero-order chi connectivity index (χ0) is 5.91. The SMILES string of the molecule is CC(F)(Cl)CCCl. The number of rotatable bonds is 2. The molecule has 0 amide bonds. The lowest BCUT2D eigenvalue weighted by Crippen LogP contribution is -2.07. The van der Waals surface area contributed by atoms with Crippen LogP contribution in [0.4, 0.5) is 4.39 Å². The number of hydrogen-bond donors (Lipinski definition) is 0. The Morgan fingerprint density at radius 1 is 1.71 bits per heavy atom. The van der Waals surface area contributed by atoms with Crippen LogP contribution >= 0.6 is 23.2 Å². The lowest BCUT2D eigenvalue weighted by atomic mass is 10.3. The average Bonchev–Trinajstić information content (AvgIpc) is 1.30. The summed E-state index contributed by atoms with van der Waals surface area (Å²) in [6.07, 6.45) is 0.204. The summed E-state index contributed by atoms with van der Waals surface area (Å²) in [6, 6.07) is 0. The second-order valence-corrected chi connectivity index (χ2v) is 2.68. The Morgan fingerprint density at radius 3 is 2.14 bits per heavy atom. The summed E-state index contributed by atoms with van der Waals surface area (Å²) in [5, 5.41) is -1.61. The molecule has 0 spiro atoms. The molecular formula is C4H7Cl2F. The largest absolute Gasteiger partial charge is 0.227 e. The Kier molecular flexibility index (Phi) is 2.93. The minimum absolute atomic E-state index is 0.204. The second-order valence-electron chi connectivity index (χ2n) is 1.51. The molecule has 0 aromatic heterocycles. The molecule has 0 bridgehead atoms. The molecule has 0 aromatic rings. The van der Waals surface area contributed by atoms with Crippen molar-refractivity contribution < 1.29 is 4.39 Å². The van der Waals surface area contributed by atoms with Crippen molar-refractivity contribution in [3.8, 4) is 0 Å². The van der Waals surface area contributed by atoms with Gasteiger partial charge in [-0.3, -0.25) is 0 Å². The van der Waals surface area contributed by atoms with Gasteiger partial charge in [-0.15, -0.1) is 11.6 Å². The minimum Gasteiger partial charge on any atom is -0.227 e. The molecule has 0 heterocycles. The molecular weight excluding hydrogens is 138 g/mol. The Bertz CT molecular complexity index is 48.1. The second kappa shape index (κ2) is 2.73. The summed E-state index contributed by atoms with van der Waals surface area (Å²) in [5.41, 5.74) is 0. The first kappa shape index (κ1) is 7.51. The maximum atomic E-state index is 12.1. The summed E-state index contributed by atoms with van der Waals surface area (Å²) in [4.78, 5) is 0. The molecule has 0 fully saturated rings. The van der Waals surface area contributed by atoms with Crippen molar-refractivity contribution >= 4 is 23.2 Å². The van der Waals surface area contributed by atoms with E-state index in [1.54, 1.807) is 0 Å². The van der Waals surface area contributed by atoms with Gasteiger partial charge < -0.3 is 0 Å². The predicted octanol–water partition coefficient (Wildman–Crippen LogP) is 2.54. The Labute approximate surface area is 52.6 Å². The van der Waals surface area contributed by atoms with Gasteiger partial charge in [0.2, 0.25) is 0 Å². The fraction of sp³-hybridized carbons (Fsp3) is 1.00. The van der Waals surface area contributed by atoms with Crippen LogP contribution in [0.3, 0.4) is 0 Å². The molecule has 0 aromatic carbocycles. The van der Waals surface area contributed by atoms with E-state index in [9.17, 15) is 4.39 Å². The summed E-state index contributed by atoms with van der Waals surface area (Å²) < 4.78 is 12.1. The monoisotopic (exact) mass is 144 g/mol. The molecule has 0 aliphatic carbocycles. The fourth-order valence-corrected chi connectivity index (χ4v) is 0.712. The van der Waals surface area contributed by atoms with E-state index in [4.69, 9.17) is 23.2 Å². The first-order valence-electron chi connectivity index (χ1n) is 2.00. The number of alkyl halides is 3. The minimum atomic E-state index is -1.61. The lowest BCUT2D eigenvalue weighted by molar-refractivity contribution is 0.299. The zero-order valence-electron chi connectivity index (χ0n) is 4.05. The van der Waals surface area contributed by atoms with Crippen LogP contribution in [0.1, 0.15) is 13.3 Å². The normalized spacial score (nSPS) is 18.9. The van der Waals surface area contributed by atoms with Crippen molar-refractivity contribution in [1.29, 1.82) is 0 Å². The third-order valence-electron chi connectivity index (χ3n) is 0.533. The van der Waals surface area contributed by atoms with Gasteiger partial charge in [0.1, 0.15) is 0 Å². The highest BCUT2D eigenvalue weighted by atomic mass is 35.5. The van der Waals surface area contributed by atoms with Crippen molar-refractivity contribution in [2.75, 3.05) is 5.88 Å². The van der Waals surface area contributed by atoms with Crippen molar-refractivity contribution in [3.05, 3.63) is 0 Å². The van der Waals surface area contributed by atoms with Gasteiger partial charge in [0, 0.05) is 12.3 Å². The van der Waals surface area contributed by atoms with E-state index in [1.165, 1.54) is 6.92 Å². The highest BCUT2D eigenvalue weighted by Gasteiger charge is 2.16. The van der Waals surface area contributed by atoms with E-state index in [1.807, 2.05) is 0 Å². The van der Waals surface area contributed by atoms with Gasteiger partial charge in [-0.2, -0.15) is 0 Å². The van der Waals surface area contributed by atoms with Crippen molar-refractivity contribution in [2.24, 2.45) is 0 Å². The van der Waals surface area contributed by atoms with E-state index in [-0.39, 0.29) is 12.3 Å². The van der Waals surface area contributed by atoms with Gasteiger partial charge in [0.15, 0.2) is 5.13 Å². The van der Waals surface area contributed by atoms with Crippen LogP contribution in [0.25, 0.3) is 0 Å². The highest BCUT2D eigenvalue weighted by molar-refractivity contribution is 6.23. The van der Waals surface area contributed by atoms with Crippen molar-refractivity contribution in [2.45, 2.75) is 18.5 Å². The van der Waals surface area contributed by atoms with Crippen LogP contribution in [0.5, 0.6) is 0 Å². The molecule has 1 atom stereocenters. The quantitative estimate of drug-likeness (QED) is 0.523. The van der Waals surface area contributed by atoms with E-state index >= 15 is 0 Å². The maximum absolute atomic E-state index is 12.1. The molecule has 1 unspecified atom stereocenters. The Balaban J connectivity index is 3.15. The van der Waals surface area contributed by atoms with E-state index in [2.05, 4.69) is 0 Å². The molecule has 0 nitrogen and oxygen atoms in total. The summed E-state index contributed by atoms with van der Waals surface area (Å²) >= 11 is 10.2. The first-order valence-corrected chi connectivity index (χ1v) is 2.91. The zero-order valence-corrected chi connectivity index (χ0v) is 5.56. The van der Waals surface area contributed by atoms with Gasteiger partial charge in [0.05, 0.1) is 0 Å². The van der Waals surface area contributed by atoms with E-state index < -0.39 is 5.13 Å². The predicted molar refractivity (Wildman–Crippen MR) is 30.7 cm³/mol. The topological polar surface area (TPSA) is 0 Å². The number of hydrogen-bond acceptors (Lipinski definition) is 0. The molecule has 0 saturated carbocycles. The third kappa shape index (κ3) is 6.51. The number of halogens is 3. The van der Waals surface area contributed by atoms with Crippen LogP contribution in [-0.4, -0.2) is 11.0 Å². The van der Waals surface area contributed by atoms with Crippen LogP contribution in [0, 0.1) is 0 Å². The lowest BCUT2D eigenvalue weighted by Gasteiger charge is -2.06. The Hall–Kier alpha value is 0.510. The van der Waals surface area contributed by atoms with Crippen LogP contribution < -0.4 is 0 Å². The van der Waals surface area contributed by atoms with Crippen LogP contribution in [-0.2, 0) is 0 Å². The summed E-state index contributed by atoms with van der Waals surface area (Å²) in [7, 11) is 0. The molecule has 0 rings (SSSR count). The smallest absolute Gasteiger partial charge is 0.182 e. The molecule has 0 aliphatic rings. The molecule has 44 valence electrons. The van der Waals surface area contributed by atoms with Crippen molar-refractivity contribution in [1.82, 2.24) is 0 Å². The average molecular weight is 145 g/mol. The van der Waals surface area contributed by atoms with Crippen LogP contribution in [0.15, 0.2) is 0 Å². The standard InChI is InChI=1S/C4H7Cl2F/c1-4(6,7)2-3-5/h2-3H2,1H3. The fourth-order valence-electron chi connectivity index (χ4n) is 0.166. The first-order chi connectivity index (χ1) is 3.06. The maximum Gasteiger partial charge on any atom is 0.182 e. The summed E-state index contributed by atoms with van der Waals surface area (Å²) in [5.74, 6) is 0.274. The molecule has 0 N–H and O–H groups in total. The summed E-state index contributed by atoms with van der Waals surface area (Å²) in [6.45, 7) is 1.29. The van der Waals surface area contributed by atoms with E-state index in [0.29, 0.717) is 0 Å². The molecule has 3 heteroatoms. The highest BCUT2D eigenvalue weighted by Crippen LogP contribution is 2.20. The van der Waals surface area contributed by atoms with Gasteiger partial charge in [-0.05, 0) is 6.92 Å². The molecule has 7 heavy (non-hydrogen) atoms. The van der Waals surface area contributed by atoms with Crippen LogP contribution in [0.2, 0.25) is 0 Å². The van der Waals surface area contributed by atoms with Gasteiger partial charge in [-0.25, -0.2) is 4.39 Å². The van der Waals surface area contributed by atoms with E-state index in [0.717, 1.165) is 0 Å². The van der Waals surface area contributed by atoms with Gasteiger partial charge >= 0.3 is 0 Å². The third-order valence-corrected chi connectivity index (χ3v) is 0.911.